The normalized spacial score (nSPS) is 16.0. The fourth-order valence-corrected chi connectivity index (χ4v) is 3.38. The van der Waals surface area contributed by atoms with E-state index in [1.807, 2.05) is 7.05 Å². The summed E-state index contributed by atoms with van der Waals surface area (Å²) in [4.78, 5) is 6.96. The molecule has 5 nitrogen and oxygen atoms in total. The number of halogens is 1. The zero-order valence-corrected chi connectivity index (χ0v) is 19.5. The minimum absolute atomic E-state index is 0. The zero-order valence-electron chi connectivity index (χ0n) is 17.2. The Bertz CT molecular complexity index is 545. The van der Waals surface area contributed by atoms with Gasteiger partial charge in [0.25, 0.3) is 0 Å². The van der Waals surface area contributed by atoms with Crippen molar-refractivity contribution in [1.29, 1.82) is 0 Å². The van der Waals surface area contributed by atoms with E-state index in [2.05, 4.69) is 58.6 Å². The van der Waals surface area contributed by atoms with Crippen molar-refractivity contribution in [3.63, 3.8) is 0 Å². The summed E-state index contributed by atoms with van der Waals surface area (Å²) >= 11 is 0. The second-order valence-electron chi connectivity index (χ2n) is 7.01. The maximum Gasteiger partial charge on any atom is 0.191 e. The van der Waals surface area contributed by atoms with E-state index in [-0.39, 0.29) is 24.0 Å². The van der Waals surface area contributed by atoms with E-state index in [0.717, 1.165) is 25.5 Å². The van der Waals surface area contributed by atoms with Crippen LogP contribution in [0.5, 0.6) is 0 Å². The first-order valence-electron chi connectivity index (χ1n) is 10.1. The van der Waals surface area contributed by atoms with E-state index >= 15 is 0 Å². The van der Waals surface area contributed by atoms with Gasteiger partial charge in [0.15, 0.2) is 5.96 Å². The van der Waals surface area contributed by atoms with Crippen molar-refractivity contribution in [1.82, 2.24) is 15.5 Å². The molecule has 0 aromatic heterocycles. The Hall–Kier alpha value is -0.860. The standard InChI is InChI=1S/C21H36N4O.HI/c1-4-12-25-13-10-20(11-14-25)24-21(22-3)23-16-18-8-6-7-9-19(18)17-26-15-5-2;/h6-9,20H,4-5,10-17H2,1-3H3,(H2,22,23,24);1H. The number of aliphatic imine (C=N–C) groups is 1. The highest BCUT2D eigenvalue weighted by molar-refractivity contribution is 14.0. The molecule has 27 heavy (non-hydrogen) atoms. The lowest BCUT2D eigenvalue weighted by atomic mass is 10.1. The zero-order chi connectivity index (χ0) is 18.6. The highest BCUT2D eigenvalue weighted by Gasteiger charge is 2.19. The number of piperidine rings is 1. The van der Waals surface area contributed by atoms with Gasteiger partial charge in [0, 0.05) is 39.3 Å². The second kappa shape index (κ2) is 14.2. The van der Waals surface area contributed by atoms with E-state index < -0.39 is 0 Å². The summed E-state index contributed by atoms with van der Waals surface area (Å²) in [6.07, 6.45) is 4.65. The first kappa shape index (κ1) is 24.2. The van der Waals surface area contributed by atoms with Crippen LogP contribution < -0.4 is 10.6 Å². The third kappa shape index (κ3) is 8.79. The van der Waals surface area contributed by atoms with Crippen LogP contribution in [0.4, 0.5) is 0 Å². The van der Waals surface area contributed by atoms with Gasteiger partial charge >= 0.3 is 0 Å². The summed E-state index contributed by atoms with van der Waals surface area (Å²) < 4.78 is 5.72. The number of hydrogen-bond donors (Lipinski definition) is 2. The van der Waals surface area contributed by atoms with Crippen LogP contribution in [0.15, 0.2) is 29.3 Å². The van der Waals surface area contributed by atoms with Gasteiger partial charge in [0.2, 0.25) is 0 Å². The van der Waals surface area contributed by atoms with Gasteiger partial charge in [-0.1, -0.05) is 38.1 Å². The van der Waals surface area contributed by atoms with Crippen molar-refractivity contribution in [2.45, 2.75) is 58.7 Å². The molecule has 1 aliphatic rings. The highest BCUT2D eigenvalue weighted by atomic mass is 127. The molecule has 0 aliphatic carbocycles. The topological polar surface area (TPSA) is 48.9 Å². The molecular formula is C21H37IN4O. The van der Waals surface area contributed by atoms with Gasteiger partial charge in [-0.3, -0.25) is 4.99 Å². The molecule has 154 valence electrons. The molecule has 0 bridgehead atoms. The monoisotopic (exact) mass is 488 g/mol. The largest absolute Gasteiger partial charge is 0.377 e. The minimum Gasteiger partial charge on any atom is -0.377 e. The van der Waals surface area contributed by atoms with Crippen molar-refractivity contribution >= 4 is 29.9 Å². The van der Waals surface area contributed by atoms with Crippen molar-refractivity contribution < 1.29 is 4.74 Å². The summed E-state index contributed by atoms with van der Waals surface area (Å²) in [7, 11) is 1.85. The van der Waals surface area contributed by atoms with Crippen LogP contribution in [0, 0.1) is 0 Å². The van der Waals surface area contributed by atoms with Crippen molar-refractivity contribution in [2.24, 2.45) is 4.99 Å². The molecule has 1 aromatic rings. The van der Waals surface area contributed by atoms with Gasteiger partial charge in [0.05, 0.1) is 6.61 Å². The Morgan fingerprint density at radius 3 is 2.48 bits per heavy atom. The molecular weight excluding hydrogens is 451 g/mol. The van der Waals surface area contributed by atoms with Crippen molar-refractivity contribution in [3.8, 4) is 0 Å². The summed E-state index contributed by atoms with van der Waals surface area (Å²) in [5.74, 6) is 0.892. The molecule has 1 heterocycles. The minimum atomic E-state index is 0. The quantitative estimate of drug-likeness (QED) is 0.241. The number of nitrogens with one attached hydrogen (secondary N) is 2. The molecule has 2 rings (SSSR count). The van der Waals surface area contributed by atoms with Crippen LogP contribution in [0.3, 0.4) is 0 Å². The van der Waals surface area contributed by atoms with Crippen molar-refractivity contribution in [2.75, 3.05) is 33.3 Å². The highest BCUT2D eigenvalue weighted by Crippen LogP contribution is 2.12. The Morgan fingerprint density at radius 1 is 1.15 bits per heavy atom. The van der Waals surface area contributed by atoms with Crippen LogP contribution in [0.1, 0.15) is 50.7 Å². The molecule has 1 saturated heterocycles. The molecule has 2 N–H and O–H groups in total. The Morgan fingerprint density at radius 2 is 1.85 bits per heavy atom. The van der Waals surface area contributed by atoms with Crippen molar-refractivity contribution in [3.05, 3.63) is 35.4 Å². The number of hydrogen-bond acceptors (Lipinski definition) is 3. The average molecular weight is 488 g/mol. The van der Waals surface area contributed by atoms with E-state index in [4.69, 9.17) is 4.74 Å². The van der Waals surface area contributed by atoms with Crippen LogP contribution in [0.2, 0.25) is 0 Å². The summed E-state index contributed by atoms with van der Waals surface area (Å²) in [5, 5.41) is 7.06. The number of benzene rings is 1. The fraction of sp³-hybridized carbons (Fsp3) is 0.667. The van der Waals surface area contributed by atoms with Crippen LogP contribution in [-0.2, 0) is 17.9 Å². The number of nitrogens with zero attached hydrogens (tertiary/aromatic N) is 2. The molecule has 6 heteroatoms. The summed E-state index contributed by atoms with van der Waals surface area (Å²) in [6.45, 7) is 10.2. The molecule has 0 radical (unpaired) electrons. The molecule has 0 amide bonds. The Balaban J connectivity index is 0.00000364. The van der Waals surface area contributed by atoms with Crippen LogP contribution in [0.25, 0.3) is 0 Å². The number of rotatable bonds is 9. The predicted molar refractivity (Wildman–Crippen MR) is 125 cm³/mol. The molecule has 0 unspecified atom stereocenters. The number of likely N-dealkylation sites (tertiary alicyclic amines) is 1. The average Bonchev–Trinajstić information content (AvgIpc) is 2.68. The first-order valence-corrected chi connectivity index (χ1v) is 10.1. The van der Waals surface area contributed by atoms with Gasteiger partial charge in [-0.2, -0.15) is 0 Å². The second-order valence-corrected chi connectivity index (χ2v) is 7.01. The van der Waals surface area contributed by atoms with Gasteiger partial charge in [-0.15, -0.1) is 24.0 Å². The molecule has 1 aromatic carbocycles. The van der Waals surface area contributed by atoms with Gasteiger partial charge < -0.3 is 20.3 Å². The molecule has 1 aliphatic heterocycles. The predicted octanol–water partition coefficient (Wildman–Crippen LogP) is 3.77. The van der Waals surface area contributed by atoms with Gasteiger partial charge in [0.1, 0.15) is 0 Å². The summed E-state index contributed by atoms with van der Waals surface area (Å²) in [5.41, 5.74) is 2.51. The maximum absolute atomic E-state index is 5.72. The van der Waals surface area contributed by atoms with Crippen LogP contribution >= 0.6 is 24.0 Å². The molecule has 1 fully saturated rings. The third-order valence-electron chi connectivity index (χ3n) is 4.86. The van der Waals surface area contributed by atoms with Gasteiger partial charge in [-0.05, 0) is 43.4 Å². The molecule has 0 atom stereocenters. The lowest BCUT2D eigenvalue weighted by Crippen LogP contribution is -2.48. The molecule has 0 saturated carbocycles. The smallest absolute Gasteiger partial charge is 0.191 e. The molecule has 0 spiro atoms. The lowest BCUT2D eigenvalue weighted by Gasteiger charge is -2.32. The van der Waals surface area contributed by atoms with E-state index in [0.29, 0.717) is 12.6 Å². The summed E-state index contributed by atoms with van der Waals surface area (Å²) in [6, 6.07) is 8.98. The third-order valence-corrected chi connectivity index (χ3v) is 4.86. The Labute approximate surface area is 182 Å². The Kier molecular flexibility index (Phi) is 12.7. The first-order chi connectivity index (χ1) is 12.8. The van der Waals surface area contributed by atoms with E-state index in [1.54, 1.807) is 0 Å². The number of guanidine groups is 1. The van der Waals surface area contributed by atoms with E-state index in [9.17, 15) is 0 Å². The maximum atomic E-state index is 5.72. The van der Waals surface area contributed by atoms with E-state index in [1.165, 1.54) is 50.0 Å². The van der Waals surface area contributed by atoms with Crippen LogP contribution in [-0.4, -0.2) is 50.2 Å². The number of ether oxygens (including phenoxy) is 1. The lowest BCUT2D eigenvalue weighted by molar-refractivity contribution is 0.121. The SMILES string of the molecule is CCCOCc1ccccc1CNC(=NC)NC1CCN(CCC)CC1.I. The van der Waals surface area contributed by atoms with Gasteiger partial charge in [-0.25, -0.2) is 0 Å². The fourth-order valence-electron chi connectivity index (χ4n) is 3.38.